The molecule has 0 radical (unpaired) electrons. The van der Waals surface area contributed by atoms with E-state index in [4.69, 9.17) is 0 Å². The van der Waals surface area contributed by atoms with E-state index in [1.807, 2.05) is 0 Å². The van der Waals surface area contributed by atoms with Gasteiger partial charge in [0.05, 0.1) is 0 Å². The standard InChI is InChI=1S/C10H10F3NO/c11-8-5-7(14-6-1-2-6)3-4-9(8)15-10(12)13/h3-6,10,14H,1-2H2. The fourth-order valence-corrected chi connectivity index (χ4v) is 1.25. The zero-order valence-corrected chi connectivity index (χ0v) is 7.84. The Labute approximate surface area is 85.0 Å². The van der Waals surface area contributed by atoms with Crippen molar-refractivity contribution < 1.29 is 17.9 Å². The summed E-state index contributed by atoms with van der Waals surface area (Å²) in [6, 6.07) is 4.28. The van der Waals surface area contributed by atoms with Crippen LogP contribution in [0.3, 0.4) is 0 Å². The lowest BCUT2D eigenvalue weighted by Crippen LogP contribution is -2.05. The molecule has 0 spiro atoms. The van der Waals surface area contributed by atoms with E-state index in [1.54, 1.807) is 0 Å². The van der Waals surface area contributed by atoms with Crippen LogP contribution in [0, 0.1) is 5.82 Å². The summed E-state index contributed by atoms with van der Waals surface area (Å²) in [5.74, 6) is -1.20. The summed E-state index contributed by atoms with van der Waals surface area (Å²) in [5.41, 5.74) is 0.594. The Kier molecular flexibility index (Phi) is 2.70. The third-order valence-corrected chi connectivity index (χ3v) is 2.10. The van der Waals surface area contributed by atoms with Gasteiger partial charge in [-0.25, -0.2) is 4.39 Å². The van der Waals surface area contributed by atoms with Crippen LogP contribution in [0.15, 0.2) is 18.2 Å². The van der Waals surface area contributed by atoms with Gasteiger partial charge < -0.3 is 10.1 Å². The normalized spacial score (nSPS) is 15.5. The quantitative estimate of drug-likeness (QED) is 0.837. The molecule has 0 amide bonds. The molecule has 0 aliphatic heterocycles. The Morgan fingerprint density at radius 3 is 2.60 bits per heavy atom. The summed E-state index contributed by atoms with van der Waals surface area (Å²) in [5, 5.41) is 3.05. The Balaban J connectivity index is 2.07. The predicted octanol–water partition coefficient (Wildman–Crippen LogP) is 3.00. The lowest BCUT2D eigenvalue weighted by molar-refractivity contribution is -0.0521. The minimum Gasteiger partial charge on any atom is -0.432 e. The van der Waals surface area contributed by atoms with Crippen molar-refractivity contribution in [3.05, 3.63) is 24.0 Å². The van der Waals surface area contributed by atoms with Crippen LogP contribution in [0.25, 0.3) is 0 Å². The van der Waals surface area contributed by atoms with Gasteiger partial charge in [0.1, 0.15) is 0 Å². The Morgan fingerprint density at radius 2 is 2.07 bits per heavy atom. The molecule has 0 aromatic heterocycles. The van der Waals surface area contributed by atoms with E-state index in [0.29, 0.717) is 11.7 Å². The van der Waals surface area contributed by atoms with Gasteiger partial charge in [0, 0.05) is 17.8 Å². The van der Waals surface area contributed by atoms with Gasteiger partial charge in [-0.1, -0.05) is 0 Å². The summed E-state index contributed by atoms with van der Waals surface area (Å²) in [6.45, 7) is -3.00. The highest BCUT2D eigenvalue weighted by Gasteiger charge is 2.21. The second-order valence-corrected chi connectivity index (χ2v) is 3.44. The highest BCUT2D eigenvalue weighted by Crippen LogP contribution is 2.28. The van der Waals surface area contributed by atoms with Crippen molar-refractivity contribution in [2.24, 2.45) is 0 Å². The smallest absolute Gasteiger partial charge is 0.387 e. The number of hydrogen-bond acceptors (Lipinski definition) is 2. The molecule has 1 saturated carbocycles. The van der Waals surface area contributed by atoms with Crippen molar-refractivity contribution in [1.82, 2.24) is 0 Å². The summed E-state index contributed by atoms with van der Waals surface area (Å²) in [7, 11) is 0. The third-order valence-electron chi connectivity index (χ3n) is 2.10. The van der Waals surface area contributed by atoms with Crippen LogP contribution in [-0.4, -0.2) is 12.7 Å². The number of nitrogens with one attached hydrogen (secondary N) is 1. The maximum Gasteiger partial charge on any atom is 0.387 e. The highest BCUT2D eigenvalue weighted by molar-refractivity contribution is 5.48. The Hall–Kier alpha value is -1.39. The van der Waals surface area contributed by atoms with Crippen molar-refractivity contribution in [2.45, 2.75) is 25.5 Å². The molecule has 1 N–H and O–H groups in total. The van der Waals surface area contributed by atoms with Crippen molar-refractivity contribution in [1.29, 1.82) is 0 Å². The molecule has 1 aliphatic carbocycles. The second-order valence-electron chi connectivity index (χ2n) is 3.44. The van der Waals surface area contributed by atoms with Crippen molar-refractivity contribution >= 4 is 5.69 Å². The lowest BCUT2D eigenvalue weighted by atomic mass is 10.3. The van der Waals surface area contributed by atoms with E-state index in [9.17, 15) is 13.2 Å². The molecule has 2 nitrogen and oxygen atoms in total. The van der Waals surface area contributed by atoms with Crippen molar-refractivity contribution in [2.75, 3.05) is 5.32 Å². The monoisotopic (exact) mass is 217 g/mol. The predicted molar refractivity (Wildman–Crippen MR) is 49.7 cm³/mol. The van der Waals surface area contributed by atoms with Gasteiger partial charge in [-0.15, -0.1) is 0 Å². The molecule has 2 rings (SSSR count). The van der Waals surface area contributed by atoms with E-state index >= 15 is 0 Å². The Bertz CT molecular complexity index is 353. The largest absolute Gasteiger partial charge is 0.432 e. The molecule has 0 saturated heterocycles. The van der Waals surface area contributed by atoms with Crippen LogP contribution in [-0.2, 0) is 0 Å². The second kappa shape index (κ2) is 4.00. The number of ether oxygens (including phenoxy) is 1. The van der Waals surface area contributed by atoms with Crippen LogP contribution >= 0.6 is 0 Å². The molecular weight excluding hydrogens is 207 g/mol. The molecule has 15 heavy (non-hydrogen) atoms. The van der Waals surface area contributed by atoms with Gasteiger partial charge in [0.15, 0.2) is 11.6 Å². The first-order valence-electron chi connectivity index (χ1n) is 4.66. The molecule has 1 aliphatic rings. The van der Waals surface area contributed by atoms with Crippen molar-refractivity contribution in [3.63, 3.8) is 0 Å². The first-order valence-corrected chi connectivity index (χ1v) is 4.66. The lowest BCUT2D eigenvalue weighted by Gasteiger charge is -2.08. The molecule has 0 heterocycles. The number of alkyl halides is 2. The summed E-state index contributed by atoms with van der Waals surface area (Å²) in [6.07, 6.45) is 2.13. The van der Waals surface area contributed by atoms with Crippen LogP contribution in [0.2, 0.25) is 0 Å². The van der Waals surface area contributed by atoms with Crippen LogP contribution < -0.4 is 10.1 Å². The number of hydrogen-bond donors (Lipinski definition) is 1. The van der Waals surface area contributed by atoms with Gasteiger partial charge in [-0.2, -0.15) is 8.78 Å². The van der Waals surface area contributed by atoms with E-state index in [-0.39, 0.29) is 0 Å². The average Bonchev–Trinajstić information content (AvgIpc) is 2.93. The van der Waals surface area contributed by atoms with Gasteiger partial charge >= 0.3 is 6.61 Å². The molecule has 1 aromatic carbocycles. The van der Waals surface area contributed by atoms with E-state index < -0.39 is 18.2 Å². The minimum absolute atomic E-state index is 0.395. The number of rotatable bonds is 4. The SMILES string of the molecule is Fc1cc(NC2CC2)ccc1OC(F)F. The fraction of sp³-hybridized carbons (Fsp3) is 0.400. The molecule has 1 aromatic rings. The molecule has 5 heteroatoms. The maximum absolute atomic E-state index is 13.2. The summed E-state index contributed by atoms with van der Waals surface area (Å²) >= 11 is 0. The van der Waals surface area contributed by atoms with E-state index in [0.717, 1.165) is 18.9 Å². The number of benzene rings is 1. The van der Waals surface area contributed by atoms with Crippen LogP contribution in [0.1, 0.15) is 12.8 Å². The molecule has 1 fully saturated rings. The number of anilines is 1. The van der Waals surface area contributed by atoms with Gasteiger partial charge in [0.2, 0.25) is 0 Å². The van der Waals surface area contributed by atoms with Gasteiger partial charge in [-0.05, 0) is 25.0 Å². The number of halogens is 3. The zero-order chi connectivity index (χ0) is 10.8. The average molecular weight is 217 g/mol. The minimum atomic E-state index is -3.00. The van der Waals surface area contributed by atoms with Gasteiger partial charge in [0.25, 0.3) is 0 Å². The zero-order valence-electron chi connectivity index (χ0n) is 7.84. The molecule has 82 valence electrons. The first kappa shape index (κ1) is 10.1. The van der Waals surface area contributed by atoms with E-state index in [2.05, 4.69) is 10.1 Å². The van der Waals surface area contributed by atoms with E-state index in [1.165, 1.54) is 12.1 Å². The molecule has 0 bridgehead atoms. The Morgan fingerprint density at radius 1 is 1.33 bits per heavy atom. The van der Waals surface area contributed by atoms with Crippen LogP contribution in [0.4, 0.5) is 18.9 Å². The highest BCUT2D eigenvalue weighted by atomic mass is 19.3. The fourth-order valence-electron chi connectivity index (χ4n) is 1.25. The molecule has 0 atom stereocenters. The summed E-state index contributed by atoms with van der Waals surface area (Å²) < 4.78 is 40.8. The maximum atomic E-state index is 13.2. The first-order chi connectivity index (χ1) is 7.15. The molecule has 0 unspecified atom stereocenters. The van der Waals surface area contributed by atoms with Crippen molar-refractivity contribution in [3.8, 4) is 5.75 Å². The van der Waals surface area contributed by atoms with Crippen LogP contribution in [0.5, 0.6) is 5.75 Å². The molecular formula is C10H10F3NO. The third kappa shape index (κ3) is 2.78. The summed E-state index contributed by atoms with van der Waals surface area (Å²) in [4.78, 5) is 0. The topological polar surface area (TPSA) is 21.3 Å². The van der Waals surface area contributed by atoms with Gasteiger partial charge in [-0.3, -0.25) is 0 Å².